The average Bonchev–Trinajstić information content (AvgIpc) is 3.08. The van der Waals surface area contributed by atoms with Crippen LogP contribution in [-0.2, 0) is 4.79 Å². The molecule has 7 heteroatoms. The molecule has 6 nitrogen and oxygen atoms in total. The smallest absolute Gasteiger partial charge is 0.250 e. The lowest BCUT2D eigenvalue weighted by atomic mass is 10.1. The van der Waals surface area contributed by atoms with E-state index in [1.54, 1.807) is 32.4 Å². The van der Waals surface area contributed by atoms with Crippen molar-refractivity contribution < 1.29 is 14.3 Å². The predicted molar refractivity (Wildman–Crippen MR) is 100 cm³/mol. The van der Waals surface area contributed by atoms with Crippen LogP contribution in [0.15, 0.2) is 24.3 Å². The molecule has 1 heterocycles. The van der Waals surface area contributed by atoms with Crippen LogP contribution in [0.2, 0.25) is 0 Å². The zero-order valence-electron chi connectivity index (χ0n) is 14.9. The molecule has 0 spiro atoms. The monoisotopic (exact) mass is 361 g/mol. The van der Waals surface area contributed by atoms with E-state index in [2.05, 4.69) is 29.4 Å². The SMILES string of the molecule is CCC(CC)c1nnc(NC(=O)/C=C/c2ccc(OC)c(OC)c2)s1. The lowest BCUT2D eigenvalue weighted by Crippen LogP contribution is -2.07. The number of aromatic nitrogens is 2. The Balaban J connectivity index is 2.01. The fourth-order valence-corrected chi connectivity index (χ4v) is 3.38. The number of benzene rings is 1. The van der Waals surface area contributed by atoms with Crippen molar-refractivity contribution in [2.75, 3.05) is 19.5 Å². The number of nitrogens with one attached hydrogen (secondary N) is 1. The van der Waals surface area contributed by atoms with Crippen LogP contribution in [-0.4, -0.2) is 30.3 Å². The Kier molecular flexibility index (Phi) is 6.94. The maximum absolute atomic E-state index is 12.1. The molecule has 0 aliphatic carbocycles. The number of amides is 1. The molecule has 1 N–H and O–H groups in total. The number of rotatable bonds is 8. The van der Waals surface area contributed by atoms with Crippen LogP contribution in [0.25, 0.3) is 6.08 Å². The number of carbonyl (C=O) groups excluding carboxylic acids is 1. The first-order valence-corrected chi connectivity index (χ1v) is 8.97. The van der Waals surface area contributed by atoms with Gasteiger partial charge in [0.2, 0.25) is 11.0 Å². The number of carbonyl (C=O) groups is 1. The standard InChI is InChI=1S/C18H23N3O3S/c1-5-13(6-2)17-20-21-18(25-17)19-16(22)10-8-12-7-9-14(23-3)15(11-12)24-4/h7-11,13H,5-6H2,1-4H3,(H,19,21,22)/b10-8+. The van der Waals surface area contributed by atoms with Gasteiger partial charge in [-0.05, 0) is 36.6 Å². The van der Waals surface area contributed by atoms with Gasteiger partial charge >= 0.3 is 0 Å². The third-order valence-corrected chi connectivity index (χ3v) is 4.84. The molecule has 0 bridgehead atoms. The summed E-state index contributed by atoms with van der Waals surface area (Å²) in [5, 5.41) is 12.4. The Bertz CT molecular complexity index is 739. The summed E-state index contributed by atoms with van der Waals surface area (Å²) in [5.74, 6) is 1.41. The Morgan fingerprint density at radius 1 is 1.20 bits per heavy atom. The first kappa shape index (κ1) is 18.9. The van der Waals surface area contributed by atoms with Gasteiger partial charge in [-0.15, -0.1) is 10.2 Å². The number of hydrogen-bond acceptors (Lipinski definition) is 6. The van der Waals surface area contributed by atoms with Gasteiger partial charge in [0.15, 0.2) is 11.5 Å². The van der Waals surface area contributed by atoms with Gasteiger partial charge in [-0.3, -0.25) is 10.1 Å². The third-order valence-electron chi connectivity index (χ3n) is 3.84. The third kappa shape index (κ3) is 5.03. The molecule has 25 heavy (non-hydrogen) atoms. The molecule has 2 aromatic rings. The maximum Gasteiger partial charge on any atom is 0.250 e. The van der Waals surface area contributed by atoms with Crippen LogP contribution in [0.5, 0.6) is 11.5 Å². The number of nitrogens with zero attached hydrogens (tertiary/aromatic N) is 2. The van der Waals surface area contributed by atoms with Crippen LogP contribution < -0.4 is 14.8 Å². The quantitative estimate of drug-likeness (QED) is 0.716. The van der Waals surface area contributed by atoms with Crippen molar-refractivity contribution in [1.29, 1.82) is 0 Å². The highest BCUT2D eigenvalue weighted by Gasteiger charge is 2.13. The Labute approximate surface area is 151 Å². The van der Waals surface area contributed by atoms with E-state index in [1.165, 1.54) is 17.4 Å². The van der Waals surface area contributed by atoms with E-state index in [0.717, 1.165) is 23.4 Å². The van der Waals surface area contributed by atoms with Crippen LogP contribution >= 0.6 is 11.3 Å². The molecule has 0 saturated heterocycles. The number of methoxy groups -OCH3 is 2. The van der Waals surface area contributed by atoms with Crippen molar-refractivity contribution in [1.82, 2.24) is 10.2 Å². The van der Waals surface area contributed by atoms with Crippen molar-refractivity contribution in [3.63, 3.8) is 0 Å². The van der Waals surface area contributed by atoms with Gasteiger partial charge < -0.3 is 9.47 Å². The average molecular weight is 361 g/mol. The van der Waals surface area contributed by atoms with Crippen molar-refractivity contribution in [3.05, 3.63) is 34.8 Å². The van der Waals surface area contributed by atoms with E-state index in [1.807, 2.05) is 6.07 Å². The van der Waals surface area contributed by atoms with Gasteiger partial charge in [-0.2, -0.15) is 0 Å². The molecule has 0 aliphatic rings. The van der Waals surface area contributed by atoms with E-state index in [4.69, 9.17) is 9.47 Å². The topological polar surface area (TPSA) is 73.3 Å². The molecule has 0 aliphatic heterocycles. The highest BCUT2D eigenvalue weighted by atomic mass is 32.1. The summed E-state index contributed by atoms with van der Waals surface area (Å²) < 4.78 is 10.4. The van der Waals surface area contributed by atoms with E-state index < -0.39 is 0 Å². The summed E-state index contributed by atoms with van der Waals surface area (Å²) in [6, 6.07) is 5.45. The molecule has 0 saturated carbocycles. The van der Waals surface area contributed by atoms with E-state index in [9.17, 15) is 4.79 Å². The predicted octanol–water partition coefficient (Wildman–Crippen LogP) is 4.11. The molecule has 0 atom stereocenters. The zero-order valence-corrected chi connectivity index (χ0v) is 15.7. The largest absolute Gasteiger partial charge is 0.493 e. The second kappa shape index (κ2) is 9.17. The normalized spacial score (nSPS) is 11.1. The zero-order chi connectivity index (χ0) is 18.2. The number of hydrogen-bond donors (Lipinski definition) is 1. The molecule has 0 radical (unpaired) electrons. The first-order valence-electron chi connectivity index (χ1n) is 8.15. The first-order chi connectivity index (χ1) is 12.1. The second-order valence-electron chi connectivity index (χ2n) is 5.40. The molecule has 2 rings (SSSR count). The summed E-state index contributed by atoms with van der Waals surface area (Å²) >= 11 is 1.43. The van der Waals surface area contributed by atoms with Crippen LogP contribution in [0.1, 0.15) is 43.2 Å². The number of ether oxygens (including phenoxy) is 2. The highest BCUT2D eigenvalue weighted by Crippen LogP contribution is 2.29. The van der Waals surface area contributed by atoms with Gasteiger partial charge in [-0.25, -0.2) is 0 Å². The van der Waals surface area contributed by atoms with Gasteiger partial charge in [0.1, 0.15) is 5.01 Å². The minimum absolute atomic E-state index is 0.248. The van der Waals surface area contributed by atoms with Crippen molar-refractivity contribution >= 4 is 28.5 Å². The van der Waals surface area contributed by atoms with Crippen molar-refractivity contribution in [2.24, 2.45) is 0 Å². The maximum atomic E-state index is 12.1. The summed E-state index contributed by atoms with van der Waals surface area (Å²) in [4.78, 5) is 12.1. The molecule has 134 valence electrons. The molecular weight excluding hydrogens is 338 g/mol. The van der Waals surface area contributed by atoms with Crippen LogP contribution in [0.4, 0.5) is 5.13 Å². The lowest BCUT2D eigenvalue weighted by Gasteiger charge is -2.07. The molecule has 1 aromatic carbocycles. The molecule has 1 aromatic heterocycles. The highest BCUT2D eigenvalue weighted by molar-refractivity contribution is 7.15. The summed E-state index contributed by atoms with van der Waals surface area (Å²) in [6.07, 6.45) is 5.19. The minimum Gasteiger partial charge on any atom is -0.493 e. The summed E-state index contributed by atoms with van der Waals surface area (Å²) in [6.45, 7) is 4.25. The van der Waals surface area contributed by atoms with E-state index >= 15 is 0 Å². The minimum atomic E-state index is -0.248. The van der Waals surface area contributed by atoms with Crippen LogP contribution in [0, 0.1) is 0 Å². The Morgan fingerprint density at radius 3 is 2.56 bits per heavy atom. The van der Waals surface area contributed by atoms with Gasteiger partial charge in [-0.1, -0.05) is 31.3 Å². The van der Waals surface area contributed by atoms with Crippen molar-refractivity contribution in [3.8, 4) is 11.5 Å². The van der Waals surface area contributed by atoms with Gasteiger partial charge in [0, 0.05) is 12.0 Å². The van der Waals surface area contributed by atoms with E-state index in [-0.39, 0.29) is 5.91 Å². The molecule has 0 unspecified atom stereocenters. The van der Waals surface area contributed by atoms with Gasteiger partial charge in [0.05, 0.1) is 14.2 Å². The van der Waals surface area contributed by atoms with Gasteiger partial charge in [0.25, 0.3) is 0 Å². The van der Waals surface area contributed by atoms with E-state index in [0.29, 0.717) is 22.5 Å². The molecular formula is C18H23N3O3S. The summed E-state index contributed by atoms with van der Waals surface area (Å²) in [7, 11) is 3.16. The Morgan fingerprint density at radius 2 is 1.92 bits per heavy atom. The van der Waals surface area contributed by atoms with Crippen LogP contribution in [0.3, 0.4) is 0 Å². The van der Waals surface area contributed by atoms with Crippen molar-refractivity contribution in [2.45, 2.75) is 32.6 Å². The second-order valence-corrected chi connectivity index (χ2v) is 6.40. The fraction of sp³-hybridized carbons (Fsp3) is 0.389. The Hall–Kier alpha value is -2.41. The fourth-order valence-electron chi connectivity index (χ4n) is 2.36. The molecule has 1 amide bonds. The number of anilines is 1. The summed E-state index contributed by atoms with van der Waals surface area (Å²) in [5.41, 5.74) is 0.836. The molecule has 0 fully saturated rings. The lowest BCUT2D eigenvalue weighted by molar-refractivity contribution is -0.111.